The Balaban J connectivity index is 1.26. The average Bonchev–Trinajstić information content (AvgIpc) is 3.62. The fourth-order valence-corrected chi connectivity index (χ4v) is 6.30. The maximum atomic E-state index is 6.29. The second kappa shape index (κ2) is 12.1. The molecule has 0 unspecified atom stereocenters. The van der Waals surface area contributed by atoms with E-state index in [9.17, 15) is 0 Å². The fourth-order valence-electron chi connectivity index (χ4n) is 6.30. The van der Waals surface area contributed by atoms with Crippen LogP contribution in [0.25, 0.3) is 89.7 Å². The lowest BCUT2D eigenvalue weighted by atomic mass is 9.93. The van der Waals surface area contributed by atoms with Crippen LogP contribution < -0.4 is 0 Å². The van der Waals surface area contributed by atoms with Crippen molar-refractivity contribution in [1.82, 2.24) is 19.9 Å². The fraction of sp³-hybridized carbons (Fsp3) is 0. The monoisotopic (exact) mass is 628 g/mol. The number of aromatic nitrogens is 4. The maximum Gasteiger partial charge on any atom is 0.227 e. The first kappa shape index (κ1) is 28.5. The van der Waals surface area contributed by atoms with Crippen LogP contribution in [0.1, 0.15) is 0 Å². The van der Waals surface area contributed by atoms with E-state index in [1.165, 1.54) is 10.8 Å². The van der Waals surface area contributed by atoms with E-state index in [0.717, 1.165) is 55.6 Å². The summed E-state index contributed by atoms with van der Waals surface area (Å²) >= 11 is 0. The number of oxazole rings is 1. The molecule has 9 rings (SSSR count). The first-order valence-corrected chi connectivity index (χ1v) is 16.2. The van der Waals surface area contributed by atoms with Gasteiger partial charge in [-0.3, -0.25) is 0 Å². The quantitative estimate of drug-likeness (QED) is 0.183. The molecule has 49 heavy (non-hydrogen) atoms. The van der Waals surface area contributed by atoms with Crippen molar-refractivity contribution in [3.8, 4) is 67.9 Å². The summed E-state index contributed by atoms with van der Waals surface area (Å²) in [5, 5.41) is 2.36. The average molecular weight is 629 g/mol. The SMILES string of the molecule is c1ccc(-c2nc(-c3ccccc3)nc(-c3cc(-c4ccc5nc(-c6ccccc6)oc5c4)cc(-c4cccc5ccccc45)c3)n2)cc1. The highest BCUT2D eigenvalue weighted by molar-refractivity contribution is 5.98. The summed E-state index contributed by atoms with van der Waals surface area (Å²) < 4.78 is 6.29. The van der Waals surface area contributed by atoms with Crippen molar-refractivity contribution in [3.63, 3.8) is 0 Å². The first-order valence-electron chi connectivity index (χ1n) is 16.2. The smallest absolute Gasteiger partial charge is 0.227 e. The molecule has 0 amide bonds. The lowest BCUT2D eigenvalue weighted by Crippen LogP contribution is -2.00. The van der Waals surface area contributed by atoms with Gasteiger partial charge in [-0.25, -0.2) is 19.9 Å². The zero-order chi connectivity index (χ0) is 32.6. The van der Waals surface area contributed by atoms with Gasteiger partial charge in [0.05, 0.1) is 0 Å². The van der Waals surface area contributed by atoms with E-state index in [0.29, 0.717) is 23.4 Å². The van der Waals surface area contributed by atoms with E-state index < -0.39 is 0 Å². The van der Waals surface area contributed by atoms with E-state index >= 15 is 0 Å². The Morgan fingerprint density at radius 3 is 1.59 bits per heavy atom. The predicted molar refractivity (Wildman–Crippen MR) is 198 cm³/mol. The molecule has 0 atom stereocenters. The van der Waals surface area contributed by atoms with Crippen molar-refractivity contribution in [2.24, 2.45) is 0 Å². The van der Waals surface area contributed by atoms with Crippen molar-refractivity contribution in [2.45, 2.75) is 0 Å². The summed E-state index contributed by atoms with van der Waals surface area (Å²) in [6.07, 6.45) is 0. The highest BCUT2D eigenvalue weighted by Gasteiger charge is 2.16. The molecular formula is C44H28N4O. The maximum absolute atomic E-state index is 6.29. The van der Waals surface area contributed by atoms with Crippen molar-refractivity contribution in [2.75, 3.05) is 0 Å². The Labute approximate surface area is 283 Å². The van der Waals surface area contributed by atoms with E-state index in [2.05, 4.69) is 72.8 Å². The number of hydrogen-bond acceptors (Lipinski definition) is 5. The summed E-state index contributed by atoms with van der Waals surface area (Å²) in [4.78, 5) is 19.8. The molecule has 0 radical (unpaired) electrons. The molecule has 0 saturated carbocycles. The van der Waals surface area contributed by atoms with Crippen molar-refractivity contribution < 1.29 is 4.42 Å². The molecule has 0 bridgehead atoms. The van der Waals surface area contributed by atoms with Gasteiger partial charge in [0.15, 0.2) is 23.1 Å². The standard InChI is InChI=1S/C44H28N4O/c1-4-14-30(15-5-1)41-46-42(31-16-6-2-7-17-31)48-43(47-41)36-26-34(25-35(27-36)38-22-12-20-29-13-10-11-21-37(29)38)33-23-24-39-40(28-33)49-44(45-39)32-18-8-3-9-19-32/h1-28H. The highest BCUT2D eigenvalue weighted by Crippen LogP contribution is 2.37. The van der Waals surface area contributed by atoms with Crippen LogP contribution >= 0.6 is 0 Å². The summed E-state index contributed by atoms with van der Waals surface area (Å²) in [5.41, 5.74) is 9.45. The second-order valence-electron chi connectivity index (χ2n) is 11.9. The topological polar surface area (TPSA) is 64.7 Å². The largest absolute Gasteiger partial charge is 0.436 e. The molecule has 0 N–H and O–H groups in total. The van der Waals surface area contributed by atoms with E-state index in [-0.39, 0.29) is 0 Å². The van der Waals surface area contributed by atoms with Crippen molar-refractivity contribution in [1.29, 1.82) is 0 Å². The molecule has 5 heteroatoms. The molecular weight excluding hydrogens is 601 g/mol. The number of rotatable bonds is 6. The van der Waals surface area contributed by atoms with Crippen molar-refractivity contribution in [3.05, 3.63) is 170 Å². The second-order valence-corrected chi connectivity index (χ2v) is 11.9. The lowest BCUT2D eigenvalue weighted by molar-refractivity contribution is 0.620. The zero-order valence-corrected chi connectivity index (χ0v) is 26.4. The third-order valence-electron chi connectivity index (χ3n) is 8.73. The minimum Gasteiger partial charge on any atom is -0.436 e. The van der Waals surface area contributed by atoms with Gasteiger partial charge in [0.1, 0.15) is 5.52 Å². The van der Waals surface area contributed by atoms with Crippen LogP contribution in [0.4, 0.5) is 0 Å². The molecule has 230 valence electrons. The van der Waals surface area contributed by atoms with Gasteiger partial charge in [-0.15, -0.1) is 0 Å². The van der Waals surface area contributed by atoms with Crippen LogP contribution in [0.15, 0.2) is 174 Å². The van der Waals surface area contributed by atoms with Gasteiger partial charge in [0.2, 0.25) is 5.89 Å². The number of benzene rings is 7. The van der Waals surface area contributed by atoms with Gasteiger partial charge in [-0.1, -0.05) is 127 Å². The molecule has 9 aromatic rings. The molecule has 2 heterocycles. The Morgan fingerprint density at radius 2 is 0.898 bits per heavy atom. The Hall–Kier alpha value is -6.72. The third kappa shape index (κ3) is 5.53. The number of nitrogens with zero attached hydrogens (tertiary/aromatic N) is 4. The number of hydrogen-bond donors (Lipinski definition) is 0. The van der Waals surface area contributed by atoms with Crippen LogP contribution in [0.5, 0.6) is 0 Å². The third-order valence-corrected chi connectivity index (χ3v) is 8.73. The van der Waals surface area contributed by atoms with Gasteiger partial charge in [-0.2, -0.15) is 0 Å². The zero-order valence-electron chi connectivity index (χ0n) is 26.4. The van der Waals surface area contributed by atoms with Crippen LogP contribution in [0.3, 0.4) is 0 Å². The first-order chi connectivity index (χ1) is 24.2. The lowest BCUT2D eigenvalue weighted by Gasteiger charge is -2.13. The Bertz CT molecular complexity index is 2530. The van der Waals surface area contributed by atoms with E-state index in [1.54, 1.807) is 0 Å². The molecule has 0 aliphatic carbocycles. The Morgan fingerprint density at radius 1 is 0.347 bits per heavy atom. The molecule has 7 aromatic carbocycles. The molecule has 0 fully saturated rings. The summed E-state index contributed by atoms with van der Waals surface area (Å²) in [5.74, 6) is 2.45. The van der Waals surface area contributed by atoms with Gasteiger partial charge in [0.25, 0.3) is 0 Å². The molecule has 2 aromatic heterocycles. The van der Waals surface area contributed by atoms with Crippen LogP contribution in [0, 0.1) is 0 Å². The normalized spacial score (nSPS) is 11.3. The molecule has 0 saturated heterocycles. The van der Waals surface area contributed by atoms with Gasteiger partial charge in [-0.05, 0) is 75.5 Å². The summed E-state index contributed by atoms with van der Waals surface area (Å²) in [6, 6.07) is 57.8. The van der Waals surface area contributed by atoms with Gasteiger partial charge < -0.3 is 4.42 Å². The van der Waals surface area contributed by atoms with Crippen LogP contribution in [0.2, 0.25) is 0 Å². The molecule has 0 spiro atoms. The molecule has 0 aliphatic rings. The highest BCUT2D eigenvalue weighted by atomic mass is 16.3. The molecule has 5 nitrogen and oxygen atoms in total. The van der Waals surface area contributed by atoms with Gasteiger partial charge in [0, 0.05) is 22.3 Å². The van der Waals surface area contributed by atoms with Crippen LogP contribution in [-0.4, -0.2) is 19.9 Å². The molecule has 0 aliphatic heterocycles. The van der Waals surface area contributed by atoms with E-state index in [1.807, 2.05) is 97.1 Å². The minimum atomic E-state index is 0.600. The summed E-state index contributed by atoms with van der Waals surface area (Å²) in [7, 11) is 0. The minimum absolute atomic E-state index is 0.600. The van der Waals surface area contributed by atoms with Crippen molar-refractivity contribution >= 4 is 21.9 Å². The predicted octanol–water partition coefficient (Wildman–Crippen LogP) is 11.2. The summed E-state index contributed by atoms with van der Waals surface area (Å²) in [6.45, 7) is 0. The van der Waals surface area contributed by atoms with E-state index in [4.69, 9.17) is 24.4 Å². The number of fused-ring (bicyclic) bond motifs is 2. The van der Waals surface area contributed by atoms with Crippen LogP contribution in [-0.2, 0) is 0 Å². The van der Waals surface area contributed by atoms with Gasteiger partial charge >= 0.3 is 0 Å². The Kier molecular flexibility index (Phi) is 7.06.